The molecule has 21 heavy (non-hydrogen) atoms. The Morgan fingerprint density at radius 1 is 1.38 bits per heavy atom. The molecule has 2 rings (SSSR count). The van der Waals surface area contributed by atoms with Gasteiger partial charge in [0.1, 0.15) is 0 Å². The van der Waals surface area contributed by atoms with Crippen molar-refractivity contribution in [2.24, 2.45) is 0 Å². The highest BCUT2D eigenvalue weighted by Crippen LogP contribution is 2.29. The zero-order valence-corrected chi connectivity index (χ0v) is 13.5. The maximum atomic E-state index is 13.8. The molecule has 1 N–H and O–H groups in total. The standard InChI is InChI=1S/C15H20FN3OS/c1-9(2)14-15(21-19-18-14)12(17-3)8-10-5-6-13(20-4)11(16)7-10/h5-7,9,12,17H,8H2,1-4H3. The molecule has 4 nitrogen and oxygen atoms in total. The lowest BCUT2D eigenvalue weighted by molar-refractivity contribution is 0.386. The van der Waals surface area contributed by atoms with E-state index >= 15 is 0 Å². The minimum Gasteiger partial charge on any atom is -0.494 e. The summed E-state index contributed by atoms with van der Waals surface area (Å²) in [6.07, 6.45) is 0.682. The highest BCUT2D eigenvalue weighted by Gasteiger charge is 2.20. The van der Waals surface area contributed by atoms with Gasteiger partial charge >= 0.3 is 0 Å². The quantitative estimate of drug-likeness (QED) is 0.889. The highest BCUT2D eigenvalue weighted by molar-refractivity contribution is 7.05. The van der Waals surface area contributed by atoms with E-state index in [4.69, 9.17) is 4.74 Å². The summed E-state index contributed by atoms with van der Waals surface area (Å²) in [5, 5.41) is 7.48. The van der Waals surface area contributed by atoms with Crippen LogP contribution in [0.4, 0.5) is 4.39 Å². The zero-order chi connectivity index (χ0) is 15.4. The Bertz CT molecular complexity index is 600. The van der Waals surface area contributed by atoms with Gasteiger partial charge in [-0.3, -0.25) is 0 Å². The number of hydrogen-bond acceptors (Lipinski definition) is 5. The summed E-state index contributed by atoms with van der Waals surface area (Å²) in [5.74, 6) is 0.251. The predicted octanol–water partition coefficient (Wildman–Crippen LogP) is 3.31. The van der Waals surface area contributed by atoms with Crippen LogP contribution in [0.25, 0.3) is 0 Å². The number of hydrogen-bond donors (Lipinski definition) is 1. The summed E-state index contributed by atoms with van der Waals surface area (Å²) < 4.78 is 22.8. The van der Waals surface area contributed by atoms with Gasteiger partial charge in [0.2, 0.25) is 0 Å². The maximum Gasteiger partial charge on any atom is 0.165 e. The molecule has 6 heteroatoms. The first-order valence-corrected chi connectivity index (χ1v) is 7.66. The molecule has 0 radical (unpaired) electrons. The van der Waals surface area contributed by atoms with Crippen LogP contribution in [0.3, 0.4) is 0 Å². The van der Waals surface area contributed by atoms with Crippen molar-refractivity contribution in [3.63, 3.8) is 0 Å². The molecule has 0 amide bonds. The van der Waals surface area contributed by atoms with Gasteiger partial charge in [-0.25, -0.2) is 4.39 Å². The number of nitrogens with one attached hydrogen (secondary N) is 1. The van der Waals surface area contributed by atoms with E-state index in [1.54, 1.807) is 6.07 Å². The SMILES string of the molecule is CNC(Cc1ccc(OC)c(F)c1)c1snnc1C(C)C. The lowest BCUT2D eigenvalue weighted by Gasteiger charge is -2.17. The Hall–Kier alpha value is -1.53. The first-order valence-electron chi connectivity index (χ1n) is 6.88. The van der Waals surface area contributed by atoms with Crippen molar-refractivity contribution in [3.05, 3.63) is 40.2 Å². The molecule has 0 bridgehead atoms. The molecule has 2 aromatic rings. The van der Waals surface area contributed by atoms with Crippen molar-refractivity contribution in [2.75, 3.05) is 14.2 Å². The summed E-state index contributed by atoms with van der Waals surface area (Å²) in [7, 11) is 3.36. The molecule has 0 fully saturated rings. The lowest BCUT2D eigenvalue weighted by atomic mass is 10.00. The molecule has 0 aliphatic heterocycles. The summed E-state index contributed by atoms with van der Waals surface area (Å²) in [6.45, 7) is 4.19. The van der Waals surface area contributed by atoms with Crippen molar-refractivity contribution in [2.45, 2.75) is 32.2 Å². The van der Waals surface area contributed by atoms with Gasteiger partial charge in [0.15, 0.2) is 11.6 Å². The van der Waals surface area contributed by atoms with Crippen LogP contribution in [0.2, 0.25) is 0 Å². The largest absolute Gasteiger partial charge is 0.494 e. The molecule has 114 valence electrons. The van der Waals surface area contributed by atoms with Gasteiger partial charge in [-0.1, -0.05) is 24.4 Å². The molecular formula is C15H20FN3OS. The van der Waals surface area contributed by atoms with Crippen molar-refractivity contribution in [1.29, 1.82) is 0 Å². The summed E-state index contributed by atoms with van der Waals surface area (Å²) in [6, 6.07) is 5.14. The van der Waals surface area contributed by atoms with Crippen LogP contribution in [-0.4, -0.2) is 23.7 Å². The molecule has 1 atom stereocenters. The van der Waals surface area contributed by atoms with Crippen LogP contribution in [0.5, 0.6) is 5.75 Å². The number of methoxy groups -OCH3 is 1. The number of nitrogens with zero attached hydrogens (tertiary/aromatic N) is 2. The number of likely N-dealkylation sites (N-methyl/N-ethyl adjacent to an activating group) is 1. The Morgan fingerprint density at radius 2 is 2.14 bits per heavy atom. The third-order valence-electron chi connectivity index (χ3n) is 3.41. The maximum absolute atomic E-state index is 13.8. The van der Waals surface area contributed by atoms with E-state index in [-0.39, 0.29) is 17.6 Å². The average Bonchev–Trinajstić information content (AvgIpc) is 2.94. The Balaban J connectivity index is 2.23. The van der Waals surface area contributed by atoms with Crippen LogP contribution < -0.4 is 10.1 Å². The number of ether oxygens (including phenoxy) is 1. The average molecular weight is 309 g/mol. The van der Waals surface area contributed by atoms with Gasteiger partial charge in [0.25, 0.3) is 0 Å². The van der Waals surface area contributed by atoms with Crippen LogP contribution in [0.15, 0.2) is 18.2 Å². The fraction of sp³-hybridized carbons (Fsp3) is 0.467. The molecule has 1 aromatic heterocycles. The summed E-state index contributed by atoms with van der Waals surface area (Å²) in [4.78, 5) is 1.11. The lowest BCUT2D eigenvalue weighted by Crippen LogP contribution is -2.19. The van der Waals surface area contributed by atoms with E-state index in [0.717, 1.165) is 16.1 Å². The Morgan fingerprint density at radius 3 is 2.71 bits per heavy atom. The topological polar surface area (TPSA) is 47.0 Å². The normalized spacial score (nSPS) is 12.7. The number of rotatable bonds is 6. The van der Waals surface area contributed by atoms with E-state index in [2.05, 4.69) is 28.8 Å². The molecule has 0 spiro atoms. The number of aromatic nitrogens is 2. The van der Waals surface area contributed by atoms with Gasteiger partial charge in [-0.2, -0.15) is 0 Å². The van der Waals surface area contributed by atoms with Crippen molar-refractivity contribution in [1.82, 2.24) is 14.9 Å². The molecule has 0 aliphatic carbocycles. The summed E-state index contributed by atoms with van der Waals surface area (Å²) >= 11 is 1.40. The van der Waals surface area contributed by atoms with Crippen molar-refractivity contribution in [3.8, 4) is 5.75 Å². The Kier molecular flexibility index (Phi) is 5.25. The van der Waals surface area contributed by atoms with Gasteiger partial charge < -0.3 is 10.1 Å². The van der Waals surface area contributed by atoms with Crippen molar-refractivity contribution < 1.29 is 9.13 Å². The summed E-state index contributed by atoms with van der Waals surface area (Å²) in [5.41, 5.74) is 1.92. The van der Waals surface area contributed by atoms with E-state index in [9.17, 15) is 4.39 Å². The van der Waals surface area contributed by atoms with Crippen LogP contribution >= 0.6 is 11.5 Å². The van der Waals surface area contributed by atoms with E-state index in [0.29, 0.717) is 12.3 Å². The Labute approximate surface area is 128 Å². The zero-order valence-electron chi connectivity index (χ0n) is 12.7. The molecule has 0 saturated heterocycles. The predicted molar refractivity (Wildman–Crippen MR) is 82.5 cm³/mol. The second-order valence-corrected chi connectivity index (χ2v) is 5.98. The first-order chi connectivity index (χ1) is 10.1. The van der Waals surface area contributed by atoms with Crippen LogP contribution in [-0.2, 0) is 6.42 Å². The minimum absolute atomic E-state index is 0.0789. The highest BCUT2D eigenvalue weighted by atomic mass is 32.1. The van der Waals surface area contributed by atoms with Crippen LogP contribution in [0.1, 0.15) is 41.9 Å². The first kappa shape index (κ1) is 15.9. The van der Waals surface area contributed by atoms with E-state index < -0.39 is 0 Å². The fourth-order valence-electron chi connectivity index (χ4n) is 2.24. The van der Waals surface area contributed by atoms with Gasteiger partial charge in [-0.05, 0) is 48.6 Å². The molecule has 0 saturated carbocycles. The van der Waals surface area contributed by atoms with Gasteiger partial charge in [0, 0.05) is 6.04 Å². The monoisotopic (exact) mass is 309 g/mol. The smallest absolute Gasteiger partial charge is 0.165 e. The second-order valence-electron chi connectivity index (χ2n) is 5.19. The molecule has 0 aliphatic rings. The van der Waals surface area contributed by atoms with Gasteiger partial charge in [-0.15, -0.1) is 5.10 Å². The van der Waals surface area contributed by atoms with E-state index in [1.165, 1.54) is 24.7 Å². The minimum atomic E-state index is -0.337. The number of halogens is 1. The third-order valence-corrected chi connectivity index (χ3v) is 4.26. The molecule has 1 heterocycles. The molecule has 1 aromatic carbocycles. The fourth-order valence-corrected chi connectivity index (χ4v) is 3.16. The van der Waals surface area contributed by atoms with Gasteiger partial charge in [0.05, 0.1) is 17.7 Å². The van der Waals surface area contributed by atoms with Crippen molar-refractivity contribution >= 4 is 11.5 Å². The molecule has 1 unspecified atom stereocenters. The second kappa shape index (κ2) is 6.95. The van der Waals surface area contributed by atoms with E-state index in [1.807, 2.05) is 13.1 Å². The molecular weight excluding hydrogens is 289 g/mol. The number of benzene rings is 1. The third kappa shape index (κ3) is 3.57. The van der Waals surface area contributed by atoms with Crippen LogP contribution in [0, 0.1) is 5.82 Å².